The van der Waals surface area contributed by atoms with Crippen molar-refractivity contribution >= 4 is 46.3 Å². The molecule has 0 spiro atoms. The molecule has 3 rings (SSSR count). The summed E-state index contributed by atoms with van der Waals surface area (Å²) in [6.07, 6.45) is 2.44. The van der Waals surface area contributed by atoms with Crippen LogP contribution in [-0.4, -0.2) is 23.5 Å². The lowest BCUT2D eigenvalue weighted by atomic mass is 10.3. The van der Waals surface area contributed by atoms with Crippen molar-refractivity contribution in [3.8, 4) is 0 Å². The SMILES string of the molecule is O=C(COC(=O)/C=C/c1nc2ccccc2o1)Nc1ccc(F)cc1Cl. The van der Waals surface area contributed by atoms with Crippen molar-refractivity contribution in [1.29, 1.82) is 0 Å². The number of esters is 1. The van der Waals surface area contributed by atoms with Gasteiger partial charge >= 0.3 is 5.97 Å². The molecule has 132 valence electrons. The number of ether oxygens (including phenoxy) is 1. The number of para-hydroxylation sites is 2. The zero-order valence-electron chi connectivity index (χ0n) is 13.2. The number of nitrogens with zero attached hydrogens (tertiary/aromatic N) is 1. The highest BCUT2D eigenvalue weighted by Crippen LogP contribution is 2.22. The first-order valence-corrected chi connectivity index (χ1v) is 7.84. The van der Waals surface area contributed by atoms with Crippen LogP contribution in [0.25, 0.3) is 17.2 Å². The summed E-state index contributed by atoms with van der Waals surface area (Å²) in [5.41, 5.74) is 1.48. The fraction of sp³-hybridized carbons (Fsp3) is 0.0556. The van der Waals surface area contributed by atoms with Gasteiger partial charge in [0.2, 0.25) is 5.89 Å². The maximum Gasteiger partial charge on any atom is 0.331 e. The molecular weight excluding hydrogens is 363 g/mol. The first-order chi connectivity index (χ1) is 12.5. The third-order valence-corrected chi connectivity index (χ3v) is 3.54. The van der Waals surface area contributed by atoms with Gasteiger partial charge in [-0.25, -0.2) is 14.2 Å². The van der Waals surface area contributed by atoms with Gasteiger partial charge in [0, 0.05) is 12.2 Å². The van der Waals surface area contributed by atoms with E-state index in [1.165, 1.54) is 12.1 Å². The van der Waals surface area contributed by atoms with Crippen LogP contribution in [0, 0.1) is 5.82 Å². The molecule has 1 amide bonds. The smallest absolute Gasteiger partial charge is 0.331 e. The number of benzene rings is 2. The van der Waals surface area contributed by atoms with Crippen molar-refractivity contribution in [3.05, 3.63) is 65.3 Å². The zero-order chi connectivity index (χ0) is 18.5. The third kappa shape index (κ3) is 4.46. The number of hydrogen-bond donors (Lipinski definition) is 1. The number of aromatic nitrogens is 1. The van der Waals surface area contributed by atoms with E-state index in [0.29, 0.717) is 11.1 Å². The lowest BCUT2D eigenvalue weighted by Crippen LogP contribution is -2.20. The summed E-state index contributed by atoms with van der Waals surface area (Å²) in [5, 5.41) is 2.46. The highest BCUT2D eigenvalue weighted by atomic mass is 35.5. The van der Waals surface area contributed by atoms with E-state index in [9.17, 15) is 14.0 Å². The fourth-order valence-corrected chi connectivity index (χ4v) is 2.28. The van der Waals surface area contributed by atoms with E-state index in [0.717, 1.165) is 18.2 Å². The molecule has 1 N–H and O–H groups in total. The van der Waals surface area contributed by atoms with Crippen LogP contribution in [0.15, 0.2) is 53.0 Å². The van der Waals surface area contributed by atoms with Crippen molar-refractivity contribution in [2.75, 3.05) is 11.9 Å². The quantitative estimate of drug-likeness (QED) is 0.542. The topological polar surface area (TPSA) is 81.4 Å². The van der Waals surface area contributed by atoms with Crippen LogP contribution in [0.5, 0.6) is 0 Å². The lowest BCUT2D eigenvalue weighted by Gasteiger charge is -2.07. The predicted molar refractivity (Wildman–Crippen MR) is 94.0 cm³/mol. The molecule has 1 aromatic heterocycles. The Hall–Kier alpha value is -3.19. The van der Waals surface area contributed by atoms with Gasteiger partial charge < -0.3 is 14.5 Å². The molecule has 0 radical (unpaired) electrons. The largest absolute Gasteiger partial charge is 0.452 e. The number of anilines is 1. The number of carbonyl (C=O) groups excluding carboxylic acids is 2. The van der Waals surface area contributed by atoms with Crippen LogP contribution in [0.4, 0.5) is 10.1 Å². The average molecular weight is 375 g/mol. The Labute approximate surface area is 152 Å². The average Bonchev–Trinajstić information content (AvgIpc) is 3.03. The van der Waals surface area contributed by atoms with Crippen LogP contribution in [-0.2, 0) is 14.3 Å². The van der Waals surface area contributed by atoms with Crippen LogP contribution in [0.1, 0.15) is 5.89 Å². The number of halogens is 2. The van der Waals surface area contributed by atoms with E-state index in [1.54, 1.807) is 18.2 Å². The molecule has 0 saturated carbocycles. The normalized spacial score (nSPS) is 11.0. The lowest BCUT2D eigenvalue weighted by molar-refractivity contribution is -0.142. The van der Waals surface area contributed by atoms with Gasteiger partial charge in [-0.05, 0) is 30.3 Å². The molecule has 0 unspecified atom stereocenters. The molecule has 6 nitrogen and oxygen atoms in total. The molecule has 26 heavy (non-hydrogen) atoms. The minimum absolute atomic E-state index is 0.0422. The standard InChI is InChI=1S/C18H12ClFN2O4/c19-12-9-11(20)5-6-13(12)21-16(23)10-25-18(24)8-7-17-22-14-3-1-2-4-15(14)26-17/h1-9H,10H2,(H,21,23)/b8-7+. The minimum Gasteiger partial charge on any atom is -0.452 e. The van der Waals surface area contributed by atoms with E-state index in [1.807, 2.05) is 6.07 Å². The van der Waals surface area contributed by atoms with Crippen molar-refractivity contribution < 1.29 is 23.1 Å². The molecule has 0 aliphatic heterocycles. The molecule has 1 heterocycles. The van der Waals surface area contributed by atoms with E-state index in [2.05, 4.69) is 10.3 Å². The van der Waals surface area contributed by atoms with Gasteiger partial charge in [0.05, 0.1) is 10.7 Å². The maximum absolute atomic E-state index is 12.9. The summed E-state index contributed by atoms with van der Waals surface area (Å²) in [6.45, 7) is -0.523. The van der Waals surface area contributed by atoms with Gasteiger partial charge in [-0.3, -0.25) is 4.79 Å². The zero-order valence-corrected chi connectivity index (χ0v) is 14.0. The van der Waals surface area contributed by atoms with Gasteiger partial charge in [0.15, 0.2) is 12.2 Å². The minimum atomic E-state index is -0.743. The highest BCUT2D eigenvalue weighted by molar-refractivity contribution is 6.33. The molecule has 0 atom stereocenters. The molecule has 2 aromatic carbocycles. The van der Waals surface area contributed by atoms with Crippen molar-refractivity contribution in [2.45, 2.75) is 0 Å². The number of amides is 1. The molecule has 8 heteroatoms. The van der Waals surface area contributed by atoms with E-state index >= 15 is 0 Å². The maximum atomic E-state index is 12.9. The number of fused-ring (bicyclic) bond motifs is 1. The Kier molecular flexibility index (Phi) is 5.28. The Morgan fingerprint density at radius 1 is 1.27 bits per heavy atom. The molecule has 3 aromatic rings. The monoisotopic (exact) mass is 374 g/mol. The summed E-state index contributed by atoms with van der Waals surface area (Å²) in [4.78, 5) is 27.6. The molecule has 0 aliphatic carbocycles. The Morgan fingerprint density at radius 3 is 2.85 bits per heavy atom. The van der Waals surface area contributed by atoms with Crippen molar-refractivity contribution in [2.24, 2.45) is 0 Å². The van der Waals surface area contributed by atoms with Crippen molar-refractivity contribution in [1.82, 2.24) is 4.98 Å². The van der Waals surface area contributed by atoms with Crippen molar-refractivity contribution in [3.63, 3.8) is 0 Å². The second-order valence-electron chi connectivity index (χ2n) is 5.13. The van der Waals surface area contributed by atoms with Crippen LogP contribution >= 0.6 is 11.6 Å². The number of oxazole rings is 1. The summed E-state index contributed by atoms with van der Waals surface area (Å²) < 4.78 is 23.2. The Bertz CT molecular complexity index is 967. The number of hydrogen-bond acceptors (Lipinski definition) is 5. The van der Waals surface area contributed by atoms with Gasteiger partial charge in [0.25, 0.3) is 5.91 Å². The van der Waals surface area contributed by atoms with E-state index in [4.69, 9.17) is 20.8 Å². The molecule has 0 saturated heterocycles. The first kappa shape index (κ1) is 17.6. The molecule has 0 bridgehead atoms. The third-order valence-electron chi connectivity index (χ3n) is 3.22. The van der Waals surface area contributed by atoms with Gasteiger partial charge in [0.1, 0.15) is 11.3 Å². The Balaban J connectivity index is 1.52. The first-order valence-electron chi connectivity index (χ1n) is 7.46. The molecule has 0 aliphatic rings. The van der Waals surface area contributed by atoms with E-state index in [-0.39, 0.29) is 16.6 Å². The summed E-state index contributed by atoms with van der Waals surface area (Å²) in [7, 11) is 0. The fourth-order valence-electron chi connectivity index (χ4n) is 2.06. The van der Waals surface area contributed by atoms with Gasteiger partial charge in [-0.2, -0.15) is 0 Å². The van der Waals surface area contributed by atoms with Crippen LogP contribution < -0.4 is 5.32 Å². The van der Waals surface area contributed by atoms with E-state index < -0.39 is 24.3 Å². The predicted octanol–water partition coefficient (Wildman–Crippen LogP) is 3.82. The Morgan fingerprint density at radius 2 is 2.08 bits per heavy atom. The van der Waals surface area contributed by atoms with Gasteiger partial charge in [-0.15, -0.1) is 0 Å². The summed E-state index contributed by atoms with van der Waals surface area (Å²) in [6, 6.07) is 10.7. The summed E-state index contributed by atoms with van der Waals surface area (Å²) in [5.74, 6) is -1.64. The highest BCUT2D eigenvalue weighted by Gasteiger charge is 2.09. The van der Waals surface area contributed by atoms with Crippen LogP contribution in [0.3, 0.4) is 0 Å². The molecule has 0 fully saturated rings. The second kappa shape index (κ2) is 7.79. The van der Waals surface area contributed by atoms with Crippen LogP contribution in [0.2, 0.25) is 5.02 Å². The number of carbonyl (C=O) groups is 2. The second-order valence-corrected chi connectivity index (χ2v) is 5.54. The number of rotatable bonds is 5. The number of nitrogens with one attached hydrogen (secondary N) is 1. The molecular formula is C18H12ClFN2O4. The summed E-state index contributed by atoms with van der Waals surface area (Å²) >= 11 is 5.80. The van der Waals surface area contributed by atoms with Gasteiger partial charge in [-0.1, -0.05) is 23.7 Å².